The highest BCUT2D eigenvalue weighted by Crippen LogP contribution is 2.40. The van der Waals surface area contributed by atoms with Crippen LogP contribution in [0, 0.1) is 0 Å². The van der Waals surface area contributed by atoms with Gasteiger partial charge in [-0.1, -0.05) is 27.2 Å². The number of imidazole rings is 1. The summed E-state index contributed by atoms with van der Waals surface area (Å²) in [6, 6.07) is 4.08. The summed E-state index contributed by atoms with van der Waals surface area (Å²) >= 11 is 0. The maximum Gasteiger partial charge on any atom is 0.417 e. The number of nitrogens with zero attached hydrogens (tertiary/aromatic N) is 4. The first kappa shape index (κ1) is 21.1. The molecule has 0 aliphatic rings. The molecule has 0 bridgehead atoms. The lowest BCUT2D eigenvalue weighted by Gasteiger charge is -2.19. The Morgan fingerprint density at radius 2 is 1.90 bits per heavy atom. The number of hydrogen-bond donors (Lipinski definition) is 0. The molecule has 0 aliphatic heterocycles. The van der Waals surface area contributed by atoms with Gasteiger partial charge in [-0.05, 0) is 31.0 Å². The zero-order valence-electron chi connectivity index (χ0n) is 17.0. The van der Waals surface area contributed by atoms with Gasteiger partial charge in [0.05, 0.1) is 12.7 Å². The van der Waals surface area contributed by atoms with E-state index >= 15 is 0 Å². The number of methoxy groups -OCH3 is 1. The third kappa shape index (κ3) is 3.93. The number of fused-ring (bicyclic) bond motifs is 1. The molecule has 0 fully saturated rings. The quantitative estimate of drug-likeness (QED) is 0.495. The molecule has 2 aromatic heterocycles. The summed E-state index contributed by atoms with van der Waals surface area (Å²) in [5.74, 6) is 0.948. The summed E-state index contributed by atoms with van der Waals surface area (Å²) in [4.78, 5) is 13.3. The van der Waals surface area contributed by atoms with E-state index in [0.717, 1.165) is 31.2 Å². The van der Waals surface area contributed by atoms with E-state index in [9.17, 15) is 13.2 Å². The third-order valence-electron chi connectivity index (χ3n) is 5.11. The first-order valence-corrected chi connectivity index (χ1v) is 9.82. The number of alkyl halides is 3. The molecule has 0 amide bonds. The predicted octanol–water partition coefficient (Wildman–Crippen LogP) is 5.83. The normalized spacial score (nSPS) is 13.1. The van der Waals surface area contributed by atoms with Crippen LogP contribution in [0.2, 0.25) is 0 Å². The molecule has 0 spiro atoms. The van der Waals surface area contributed by atoms with Crippen molar-refractivity contribution in [3.8, 4) is 17.0 Å². The first-order valence-electron chi connectivity index (χ1n) is 9.82. The number of benzene rings is 1. The Morgan fingerprint density at radius 1 is 1.14 bits per heavy atom. The summed E-state index contributed by atoms with van der Waals surface area (Å²) in [5, 5.41) is 0. The number of rotatable bonds is 7. The van der Waals surface area contributed by atoms with E-state index in [0.29, 0.717) is 17.6 Å². The molecule has 2 heterocycles. The van der Waals surface area contributed by atoms with E-state index in [-0.39, 0.29) is 23.0 Å². The van der Waals surface area contributed by atoms with E-state index in [1.165, 1.54) is 25.6 Å². The summed E-state index contributed by atoms with van der Waals surface area (Å²) in [7, 11) is 1.34. The van der Waals surface area contributed by atoms with Gasteiger partial charge in [0.25, 0.3) is 0 Å². The Bertz CT molecular complexity index is 997. The lowest BCUT2D eigenvalue weighted by atomic mass is 10.0. The molecule has 29 heavy (non-hydrogen) atoms. The van der Waals surface area contributed by atoms with Crippen LogP contribution in [0.5, 0.6) is 5.75 Å². The van der Waals surface area contributed by atoms with Crippen LogP contribution < -0.4 is 4.74 Å². The van der Waals surface area contributed by atoms with E-state index in [1.807, 2.05) is 6.92 Å². The first-order chi connectivity index (χ1) is 13.8. The van der Waals surface area contributed by atoms with Gasteiger partial charge in [-0.25, -0.2) is 15.0 Å². The molecular formula is C21H25F3N4O. The smallest absolute Gasteiger partial charge is 0.417 e. The average molecular weight is 406 g/mol. The highest BCUT2D eigenvalue weighted by Gasteiger charge is 2.35. The van der Waals surface area contributed by atoms with Crippen LogP contribution in [0.1, 0.15) is 57.5 Å². The molecule has 1 unspecified atom stereocenters. The van der Waals surface area contributed by atoms with Gasteiger partial charge in [0.1, 0.15) is 29.1 Å². The average Bonchev–Trinajstić information content (AvgIpc) is 3.09. The van der Waals surface area contributed by atoms with Gasteiger partial charge < -0.3 is 9.30 Å². The van der Waals surface area contributed by atoms with Crippen molar-refractivity contribution in [2.75, 3.05) is 7.11 Å². The van der Waals surface area contributed by atoms with Gasteiger partial charge in [-0.3, -0.25) is 0 Å². The van der Waals surface area contributed by atoms with Crippen LogP contribution in [0.4, 0.5) is 13.2 Å². The van der Waals surface area contributed by atoms with Crippen molar-refractivity contribution in [1.82, 2.24) is 19.5 Å². The molecule has 0 saturated heterocycles. The topological polar surface area (TPSA) is 52.8 Å². The fourth-order valence-corrected chi connectivity index (χ4v) is 3.72. The molecule has 1 aromatic carbocycles. The zero-order chi connectivity index (χ0) is 21.2. The van der Waals surface area contributed by atoms with Crippen LogP contribution in [0.25, 0.3) is 22.4 Å². The lowest BCUT2D eigenvalue weighted by Crippen LogP contribution is -2.12. The van der Waals surface area contributed by atoms with E-state index in [1.54, 1.807) is 0 Å². The molecule has 0 aliphatic carbocycles. The van der Waals surface area contributed by atoms with Crippen molar-refractivity contribution < 1.29 is 17.9 Å². The van der Waals surface area contributed by atoms with Crippen LogP contribution in [-0.4, -0.2) is 26.6 Å². The second-order valence-corrected chi connectivity index (χ2v) is 6.91. The van der Waals surface area contributed by atoms with E-state index in [4.69, 9.17) is 4.74 Å². The third-order valence-corrected chi connectivity index (χ3v) is 5.11. The highest BCUT2D eigenvalue weighted by atomic mass is 19.4. The van der Waals surface area contributed by atoms with Crippen LogP contribution in [0.15, 0.2) is 24.5 Å². The van der Waals surface area contributed by atoms with Crippen molar-refractivity contribution in [3.05, 3.63) is 35.9 Å². The SMILES string of the molecule is CCCC(CC)n1c(CC)nc2c(-c3ccc(OC)cc3C(F)(F)F)ncnc21. The minimum absolute atomic E-state index is 0.0263. The van der Waals surface area contributed by atoms with Crippen molar-refractivity contribution in [2.45, 2.75) is 58.7 Å². The molecule has 0 radical (unpaired) electrons. The molecule has 3 aromatic rings. The van der Waals surface area contributed by atoms with Gasteiger partial charge in [0, 0.05) is 18.0 Å². The largest absolute Gasteiger partial charge is 0.497 e. The Morgan fingerprint density at radius 3 is 2.48 bits per heavy atom. The Balaban J connectivity index is 2.29. The summed E-state index contributed by atoms with van der Waals surface area (Å²) < 4.78 is 48.3. The molecule has 5 nitrogen and oxygen atoms in total. The van der Waals surface area contributed by atoms with Crippen LogP contribution in [-0.2, 0) is 12.6 Å². The summed E-state index contributed by atoms with van der Waals surface area (Å²) in [5.41, 5.74) is 0.335. The lowest BCUT2D eigenvalue weighted by molar-refractivity contribution is -0.137. The highest BCUT2D eigenvalue weighted by molar-refractivity contribution is 5.89. The van der Waals surface area contributed by atoms with Gasteiger partial charge in [-0.2, -0.15) is 13.2 Å². The van der Waals surface area contributed by atoms with Crippen LogP contribution >= 0.6 is 0 Å². The molecule has 156 valence electrons. The van der Waals surface area contributed by atoms with E-state index < -0.39 is 11.7 Å². The predicted molar refractivity (Wildman–Crippen MR) is 106 cm³/mol. The summed E-state index contributed by atoms with van der Waals surface area (Å²) in [6.45, 7) is 6.19. The number of hydrogen-bond acceptors (Lipinski definition) is 4. The van der Waals surface area contributed by atoms with E-state index in [2.05, 4.69) is 33.4 Å². The van der Waals surface area contributed by atoms with Gasteiger partial charge >= 0.3 is 6.18 Å². The number of aromatic nitrogens is 4. The van der Waals surface area contributed by atoms with Crippen molar-refractivity contribution in [1.29, 1.82) is 0 Å². The second kappa shape index (κ2) is 8.39. The van der Waals surface area contributed by atoms with Gasteiger partial charge in [0.15, 0.2) is 5.65 Å². The Kier molecular flexibility index (Phi) is 6.10. The van der Waals surface area contributed by atoms with Crippen molar-refractivity contribution >= 4 is 11.2 Å². The fourth-order valence-electron chi connectivity index (χ4n) is 3.72. The van der Waals surface area contributed by atoms with Gasteiger partial charge in [0.2, 0.25) is 0 Å². The fraction of sp³-hybridized carbons (Fsp3) is 0.476. The maximum absolute atomic E-state index is 13.8. The number of halogens is 3. The standard InChI is InChI=1S/C21H25F3N4O/c1-5-8-13(6-2)28-17(7-3)27-19-18(25-12-26-20(19)28)15-10-9-14(29-4)11-16(15)21(22,23)24/h9-13H,5-8H2,1-4H3. The van der Waals surface area contributed by atoms with Gasteiger partial charge in [-0.15, -0.1) is 0 Å². The van der Waals surface area contributed by atoms with Crippen molar-refractivity contribution in [2.24, 2.45) is 0 Å². The molecular weight excluding hydrogens is 381 g/mol. The minimum Gasteiger partial charge on any atom is -0.497 e. The Hall–Kier alpha value is -2.64. The van der Waals surface area contributed by atoms with Crippen LogP contribution in [0.3, 0.4) is 0 Å². The molecule has 0 saturated carbocycles. The molecule has 3 rings (SSSR count). The molecule has 1 atom stereocenters. The second-order valence-electron chi connectivity index (χ2n) is 6.91. The maximum atomic E-state index is 13.8. The number of aryl methyl sites for hydroxylation is 1. The number of ether oxygens (including phenoxy) is 1. The summed E-state index contributed by atoms with van der Waals surface area (Å²) in [6.07, 6.45) is 0.261. The zero-order valence-corrected chi connectivity index (χ0v) is 17.0. The monoisotopic (exact) mass is 406 g/mol. The minimum atomic E-state index is -4.55. The van der Waals surface area contributed by atoms with Crippen molar-refractivity contribution in [3.63, 3.8) is 0 Å². The molecule has 8 heteroatoms. The molecule has 0 N–H and O–H groups in total. The Labute approximate surface area is 168 Å².